The Morgan fingerprint density at radius 1 is 1.29 bits per heavy atom. The van der Waals surface area contributed by atoms with E-state index < -0.39 is 17.4 Å². The van der Waals surface area contributed by atoms with Crippen molar-refractivity contribution in [1.29, 1.82) is 0 Å². The number of nitrogens with zero attached hydrogens (tertiary/aromatic N) is 1. The molecule has 0 spiro atoms. The van der Waals surface area contributed by atoms with Gasteiger partial charge in [0.05, 0.1) is 24.9 Å². The molecule has 0 unspecified atom stereocenters. The highest BCUT2D eigenvalue weighted by Gasteiger charge is 2.31. The molecule has 0 N–H and O–H groups in total. The molecule has 0 bridgehead atoms. The number of hydrogen-bond acceptors (Lipinski definition) is 3. The number of ketones is 1. The minimum Gasteiger partial charge on any atom is -0.468 e. The molecule has 3 rings (SSSR count). The molecule has 110 valence electrons. The predicted octanol–water partition coefficient (Wildman–Crippen LogP) is 3.41. The predicted molar refractivity (Wildman–Crippen MR) is 72.8 cm³/mol. The van der Waals surface area contributed by atoms with Crippen molar-refractivity contribution in [1.82, 2.24) is 4.90 Å². The fourth-order valence-electron chi connectivity index (χ4n) is 2.34. The van der Waals surface area contributed by atoms with E-state index in [1.807, 2.05) is 11.0 Å². The summed E-state index contributed by atoms with van der Waals surface area (Å²) in [6.45, 7) is 0.562. The lowest BCUT2D eigenvalue weighted by atomic mass is 10.1. The van der Waals surface area contributed by atoms with Crippen LogP contribution in [0.3, 0.4) is 0 Å². The summed E-state index contributed by atoms with van der Waals surface area (Å²) in [5.74, 6) is -0.946. The number of carbonyl (C=O) groups is 1. The molecule has 1 fully saturated rings. The van der Waals surface area contributed by atoms with Gasteiger partial charge in [-0.3, -0.25) is 9.69 Å². The van der Waals surface area contributed by atoms with Crippen LogP contribution in [0.1, 0.15) is 29.0 Å². The van der Waals surface area contributed by atoms with Crippen LogP contribution in [0.25, 0.3) is 0 Å². The summed E-state index contributed by atoms with van der Waals surface area (Å²) in [6.07, 6.45) is 3.60. The highest BCUT2D eigenvalue weighted by atomic mass is 19.1. The number of halogens is 2. The summed E-state index contributed by atoms with van der Waals surface area (Å²) >= 11 is 0. The minimum atomic E-state index is -0.685. The van der Waals surface area contributed by atoms with Gasteiger partial charge in [0, 0.05) is 6.04 Å². The second-order valence-electron chi connectivity index (χ2n) is 5.26. The van der Waals surface area contributed by atoms with Crippen molar-refractivity contribution in [3.8, 4) is 0 Å². The Hall–Kier alpha value is -2.01. The van der Waals surface area contributed by atoms with Gasteiger partial charge < -0.3 is 4.42 Å². The first-order chi connectivity index (χ1) is 10.1. The molecule has 1 aromatic carbocycles. The SMILES string of the molecule is O=C(CN(Cc1ccco1)C1CC1)c1cc(F)ccc1F. The van der Waals surface area contributed by atoms with E-state index in [0.717, 1.165) is 36.8 Å². The average Bonchev–Trinajstić information content (AvgIpc) is 3.19. The zero-order valence-electron chi connectivity index (χ0n) is 11.4. The van der Waals surface area contributed by atoms with Crippen LogP contribution in [0.15, 0.2) is 41.0 Å². The minimum absolute atomic E-state index is 0.0613. The third-order valence-electron chi connectivity index (χ3n) is 3.58. The fraction of sp³-hybridized carbons (Fsp3) is 0.312. The summed E-state index contributed by atoms with van der Waals surface area (Å²) in [6, 6.07) is 6.88. The van der Waals surface area contributed by atoms with E-state index in [9.17, 15) is 13.6 Å². The summed E-state index contributed by atoms with van der Waals surface area (Å²) in [7, 11) is 0. The maximum atomic E-state index is 13.6. The summed E-state index contributed by atoms with van der Waals surface area (Å²) in [5, 5.41) is 0. The fourth-order valence-corrected chi connectivity index (χ4v) is 2.34. The summed E-state index contributed by atoms with van der Waals surface area (Å²) < 4.78 is 32.1. The van der Waals surface area contributed by atoms with Gasteiger partial charge in [0.2, 0.25) is 0 Å². The Labute approximate surface area is 121 Å². The summed E-state index contributed by atoms with van der Waals surface area (Å²) in [5.41, 5.74) is -0.194. The van der Waals surface area contributed by atoms with Gasteiger partial charge in [0.25, 0.3) is 0 Å². The molecule has 3 nitrogen and oxygen atoms in total. The lowest BCUT2D eigenvalue weighted by Crippen LogP contribution is -2.31. The molecular formula is C16H15F2NO2. The standard InChI is InChI=1S/C16H15F2NO2/c17-11-3-6-15(18)14(8-11)16(20)10-19(12-4-5-12)9-13-2-1-7-21-13/h1-3,6-8,12H,4-5,9-10H2. The number of benzene rings is 1. The van der Waals surface area contributed by atoms with Crippen molar-refractivity contribution < 1.29 is 18.0 Å². The van der Waals surface area contributed by atoms with Crippen LogP contribution >= 0.6 is 0 Å². The van der Waals surface area contributed by atoms with Crippen LogP contribution in [0.5, 0.6) is 0 Å². The number of rotatable bonds is 6. The average molecular weight is 291 g/mol. The van der Waals surface area contributed by atoms with Crippen molar-refractivity contribution in [2.45, 2.75) is 25.4 Å². The third kappa shape index (κ3) is 3.36. The highest BCUT2D eigenvalue weighted by molar-refractivity contribution is 5.97. The van der Waals surface area contributed by atoms with Gasteiger partial charge in [0.1, 0.15) is 17.4 Å². The Kier molecular flexibility index (Phi) is 3.84. The van der Waals surface area contributed by atoms with E-state index in [-0.39, 0.29) is 12.1 Å². The van der Waals surface area contributed by atoms with E-state index in [1.54, 1.807) is 12.3 Å². The number of furan rings is 1. The van der Waals surface area contributed by atoms with Gasteiger partial charge in [0.15, 0.2) is 5.78 Å². The van der Waals surface area contributed by atoms with Crippen molar-refractivity contribution in [3.05, 3.63) is 59.6 Å². The molecule has 0 aliphatic heterocycles. The first-order valence-electron chi connectivity index (χ1n) is 6.88. The van der Waals surface area contributed by atoms with Gasteiger partial charge in [-0.05, 0) is 43.2 Å². The first-order valence-corrected chi connectivity index (χ1v) is 6.88. The molecule has 2 aromatic rings. The molecule has 21 heavy (non-hydrogen) atoms. The quantitative estimate of drug-likeness (QED) is 0.765. The lowest BCUT2D eigenvalue weighted by molar-refractivity contribution is 0.0909. The van der Waals surface area contributed by atoms with Crippen LogP contribution in [-0.4, -0.2) is 23.3 Å². The van der Waals surface area contributed by atoms with Crippen LogP contribution in [0.2, 0.25) is 0 Å². The largest absolute Gasteiger partial charge is 0.468 e. The normalized spacial score (nSPS) is 14.6. The van der Waals surface area contributed by atoms with Crippen molar-refractivity contribution in [3.63, 3.8) is 0 Å². The van der Waals surface area contributed by atoms with Crippen molar-refractivity contribution >= 4 is 5.78 Å². The molecule has 1 aliphatic rings. The summed E-state index contributed by atoms with van der Waals surface area (Å²) in [4.78, 5) is 14.2. The zero-order valence-corrected chi connectivity index (χ0v) is 11.4. The van der Waals surface area contributed by atoms with Crippen LogP contribution < -0.4 is 0 Å². The Morgan fingerprint density at radius 2 is 2.10 bits per heavy atom. The second-order valence-corrected chi connectivity index (χ2v) is 5.26. The molecule has 0 radical (unpaired) electrons. The van der Waals surface area contributed by atoms with Gasteiger partial charge in [-0.15, -0.1) is 0 Å². The van der Waals surface area contributed by atoms with E-state index >= 15 is 0 Å². The number of hydrogen-bond donors (Lipinski definition) is 0. The van der Waals surface area contributed by atoms with Gasteiger partial charge >= 0.3 is 0 Å². The molecular weight excluding hydrogens is 276 g/mol. The van der Waals surface area contributed by atoms with E-state index in [2.05, 4.69) is 0 Å². The highest BCUT2D eigenvalue weighted by Crippen LogP contribution is 2.28. The maximum Gasteiger partial charge on any atom is 0.179 e. The van der Waals surface area contributed by atoms with Gasteiger partial charge in [-0.1, -0.05) is 0 Å². The zero-order chi connectivity index (χ0) is 14.8. The van der Waals surface area contributed by atoms with Crippen molar-refractivity contribution in [2.75, 3.05) is 6.54 Å². The van der Waals surface area contributed by atoms with Gasteiger partial charge in [-0.25, -0.2) is 8.78 Å². The van der Waals surface area contributed by atoms with E-state index in [0.29, 0.717) is 12.6 Å². The van der Waals surface area contributed by atoms with Crippen LogP contribution in [0, 0.1) is 11.6 Å². The van der Waals surface area contributed by atoms with E-state index in [1.165, 1.54) is 0 Å². The van der Waals surface area contributed by atoms with Crippen molar-refractivity contribution in [2.24, 2.45) is 0 Å². The molecule has 1 aliphatic carbocycles. The monoisotopic (exact) mass is 291 g/mol. The van der Waals surface area contributed by atoms with Gasteiger partial charge in [-0.2, -0.15) is 0 Å². The number of Topliss-reactive ketones (excluding diaryl/α,β-unsaturated/α-hetero) is 1. The first kappa shape index (κ1) is 13.9. The Balaban J connectivity index is 1.73. The number of carbonyl (C=O) groups excluding carboxylic acids is 1. The molecule has 0 amide bonds. The molecule has 1 aromatic heterocycles. The molecule has 1 saturated carbocycles. The van der Waals surface area contributed by atoms with Crippen LogP contribution in [-0.2, 0) is 6.54 Å². The second kappa shape index (κ2) is 5.77. The molecule has 1 heterocycles. The topological polar surface area (TPSA) is 33.5 Å². The maximum absolute atomic E-state index is 13.6. The molecule has 0 saturated heterocycles. The smallest absolute Gasteiger partial charge is 0.179 e. The lowest BCUT2D eigenvalue weighted by Gasteiger charge is -2.20. The third-order valence-corrected chi connectivity index (χ3v) is 3.58. The molecule has 0 atom stereocenters. The molecule has 5 heteroatoms. The van der Waals surface area contributed by atoms with E-state index in [4.69, 9.17) is 4.42 Å². The Bertz CT molecular complexity index is 636. The van der Waals surface area contributed by atoms with Crippen LogP contribution in [0.4, 0.5) is 8.78 Å². The Morgan fingerprint density at radius 3 is 2.76 bits per heavy atom.